The van der Waals surface area contributed by atoms with Crippen LogP contribution >= 0.6 is 0 Å². The summed E-state index contributed by atoms with van der Waals surface area (Å²) in [6.45, 7) is 0.704. The molecule has 0 bridgehead atoms. The first-order chi connectivity index (χ1) is 12.1. The molecule has 0 saturated carbocycles. The third-order valence-corrected chi connectivity index (χ3v) is 5.16. The summed E-state index contributed by atoms with van der Waals surface area (Å²) in [5.41, 5.74) is 14.2. The van der Waals surface area contributed by atoms with Gasteiger partial charge in [-0.1, -0.05) is 42.5 Å². The molecule has 4 N–H and O–H groups in total. The SMILES string of the molecule is NC1NNC(C(=O)N2CCC2c2ccc(F)cc2)C1c1ccccc1. The van der Waals surface area contributed by atoms with Crippen LogP contribution in [0.1, 0.15) is 29.5 Å². The Hall–Kier alpha value is -2.28. The van der Waals surface area contributed by atoms with E-state index >= 15 is 0 Å². The molecule has 5 nitrogen and oxygen atoms in total. The number of carbonyl (C=O) groups excluding carboxylic acids is 1. The van der Waals surface area contributed by atoms with Crippen molar-refractivity contribution in [1.29, 1.82) is 0 Å². The first kappa shape index (κ1) is 16.2. The smallest absolute Gasteiger partial charge is 0.242 e. The van der Waals surface area contributed by atoms with Gasteiger partial charge < -0.3 is 10.6 Å². The number of carbonyl (C=O) groups is 1. The Morgan fingerprint density at radius 3 is 2.40 bits per heavy atom. The van der Waals surface area contributed by atoms with Crippen LogP contribution < -0.4 is 16.6 Å². The number of nitrogens with zero attached hydrogens (tertiary/aromatic N) is 1. The van der Waals surface area contributed by atoms with Gasteiger partial charge in [0.25, 0.3) is 0 Å². The fraction of sp³-hybridized carbons (Fsp3) is 0.316. The highest BCUT2D eigenvalue weighted by molar-refractivity contribution is 5.84. The minimum Gasteiger partial charge on any atom is -0.334 e. The minimum absolute atomic E-state index is 0.00291. The third kappa shape index (κ3) is 2.93. The van der Waals surface area contributed by atoms with Gasteiger partial charge in [-0.2, -0.15) is 0 Å². The second-order valence-corrected chi connectivity index (χ2v) is 6.62. The van der Waals surface area contributed by atoms with Crippen molar-refractivity contribution < 1.29 is 9.18 Å². The average molecular weight is 340 g/mol. The predicted molar refractivity (Wildman–Crippen MR) is 92.7 cm³/mol. The number of halogens is 1. The van der Waals surface area contributed by atoms with Gasteiger partial charge in [0.1, 0.15) is 11.9 Å². The Labute approximate surface area is 146 Å². The maximum absolute atomic E-state index is 13.1. The van der Waals surface area contributed by atoms with Gasteiger partial charge in [0.15, 0.2) is 0 Å². The molecular weight excluding hydrogens is 319 g/mol. The molecule has 2 aliphatic rings. The fourth-order valence-electron chi connectivity index (χ4n) is 3.72. The average Bonchev–Trinajstić information content (AvgIpc) is 2.98. The van der Waals surface area contributed by atoms with Crippen LogP contribution in [-0.2, 0) is 4.79 Å². The molecule has 1 amide bonds. The van der Waals surface area contributed by atoms with Gasteiger partial charge in [-0.3, -0.25) is 4.79 Å². The maximum Gasteiger partial charge on any atom is 0.242 e. The predicted octanol–water partition coefficient (Wildman–Crippen LogP) is 1.64. The van der Waals surface area contributed by atoms with Gasteiger partial charge in [0.2, 0.25) is 5.91 Å². The quantitative estimate of drug-likeness (QED) is 0.795. The zero-order chi connectivity index (χ0) is 17.4. The van der Waals surface area contributed by atoms with Crippen LogP contribution in [0.4, 0.5) is 4.39 Å². The molecule has 2 saturated heterocycles. The number of nitrogens with two attached hydrogens (primary N) is 1. The minimum atomic E-state index is -0.416. The van der Waals surface area contributed by atoms with E-state index in [1.807, 2.05) is 35.2 Å². The van der Waals surface area contributed by atoms with Crippen molar-refractivity contribution in [3.05, 3.63) is 71.5 Å². The van der Waals surface area contributed by atoms with Crippen LogP contribution in [0.15, 0.2) is 54.6 Å². The molecule has 0 aliphatic carbocycles. The highest BCUT2D eigenvalue weighted by Crippen LogP contribution is 2.36. The Bertz CT molecular complexity index is 752. The van der Waals surface area contributed by atoms with E-state index in [9.17, 15) is 9.18 Å². The van der Waals surface area contributed by atoms with E-state index in [2.05, 4.69) is 10.9 Å². The summed E-state index contributed by atoms with van der Waals surface area (Å²) >= 11 is 0. The van der Waals surface area contributed by atoms with Gasteiger partial charge in [-0.25, -0.2) is 15.2 Å². The molecule has 2 heterocycles. The van der Waals surface area contributed by atoms with Crippen molar-refractivity contribution in [2.45, 2.75) is 30.6 Å². The Kier molecular flexibility index (Phi) is 4.25. The lowest BCUT2D eigenvalue weighted by Gasteiger charge is -2.43. The van der Waals surface area contributed by atoms with Crippen LogP contribution in [0.5, 0.6) is 0 Å². The molecule has 2 aromatic carbocycles. The number of amides is 1. The maximum atomic E-state index is 13.1. The van der Waals surface area contributed by atoms with Crippen molar-refractivity contribution in [1.82, 2.24) is 15.8 Å². The van der Waals surface area contributed by atoms with Gasteiger partial charge >= 0.3 is 0 Å². The number of nitrogens with one attached hydrogen (secondary N) is 2. The van der Waals surface area contributed by atoms with Gasteiger partial charge in [0.05, 0.1) is 12.2 Å². The van der Waals surface area contributed by atoms with Crippen LogP contribution in [0.2, 0.25) is 0 Å². The molecule has 4 atom stereocenters. The first-order valence-corrected chi connectivity index (χ1v) is 8.52. The monoisotopic (exact) mass is 340 g/mol. The lowest BCUT2D eigenvalue weighted by atomic mass is 9.87. The number of hydrogen-bond acceptors (Lipinski definition) is 4. The molecule has 4 rings (SSSR count). The standard InChI is InChI=1S/C19H21FN4O/c20-14-8-6-12(7-9-14)15-10-11-24(15)19(25)17-16(18(21)23-22-17)13-4-2-1-3-5-13/h1-9,15-18,22-23H,10-11,21H2. The normalized spacial score (nSPS) is 28.6. The largest absolute Gasteiger partial charge is 0.334 e. The van der Waals surface area contributed by atoms with Gasteiger partial charge in [0, 0.05) is 12.5 Å². The number of rotatable bonds is 3. The molecule has 4 unspecified atom stereocenters. The van der Waals surface area contributed by atoms with Crippen molar-refractivity contribution in [2.24, 2.45) is 5.73 Å². The molecule has 2 aliphatic heterocycles. The molecule has 0 aromatic heterocycles. The molecule has 2 fully saturated rings. The van der Waals surface area contributed by atoms with Crippen molar-refractivity contribution >= 4 is 5.91 Å². The van der Waals surface area contributed by atoms with Gasteiger partial charge in [-0.05, 0) is 29.7 Å². The summed E-state index contributed by atoms with van der Waals surface area (Å²) in [5, 5.41) is 0. The lowest BCUT2D eigenvalue weighted by Crippen LogP contribution is -2.53. The summed E-state index contributed by atoms with van der Waals surface area (Å²) in [7, 11) is 0. The van der Waals surface area contributed by atoms with Crippen LogP contribution in [-0.4, -0.2) is 29.6 Å². The summed E-state index contributed by atoms with van der Waals surface area (Å²) < 4.78 is 13.1. The van der Waals surface area contributed by atoms with E-state index in [1.165, 1.54) is 12.1 Å². The first-order valence-electron chi connectivity index (χ1n) is 8.52. The Morgan fingerprint density at radius 1 is 1.04 bits per heavy atom. The summed E-state index contributed by atoms with van der Waals surface area (Å²) in [5.74, 6) is -0.379. The van der Waals surface area contributed by atoms with Crippen LogP contribution in [0.25, 0.3) is 0 Å². The molecule has 6 heteroatoms. The van der Waals surface area contributed by atoms with E-state index in [0.717, 1.165) is 17.5 Å². The summed E-state index contributed by atoms with van der Waals surface area (Å²) in [6.07, 6.45) is 0.557. The molecule has 0 radical (unpaired) electrons. The topological polar surface area (TPSA) is 70.4 Å². The van der Waals surface area contributed by atoms with E-state index < -0.39 is 6.04 Å². The highest BCUT2D eigenvalue weighted by Gasteiger charge is 2.44. The van der Waals surface area contributed by atoms with Crippen molar-refractivity contribution in [3.63, 3.8) is 0 Å². The number of benzene rings is 2. The number of hydrazine groups is 1. The molecule has 0 spiro atoms. The van der Waals surface area contributed by atoms with E-state index in [4.69, 9.17) is 5.73 Å². The molecule has 25 heavy (non-hydrogen) atoms. The van der Waals surface area contributed by atoms with E-state index in [-0.39, 0.29) is 29.8 Å². The van der Waals surface area contributed by atoms with Crippen LogP contribution in [0.3, 0.4) is 0 Å². The van der Waals surface area contributed by atoms with E-state index in [1.54, 1.807) is 12.1 Å². The third-order valence-electron chi connectivity index (χ3n) is 5.16. The highest BCUT2D eigenvalue weighted by atomic mass is 19.1. The number of hydrogen-bond donors (Lipinski definition) is 3. The zero-order valence-electron chi connectivity index (χ0n) is 13.7. The zero-order valence-corrected chi connectivity index (χ0v) is 13.7. The second kappa shape index (κ2) is 6.55. The van der Waals surface area contributed by atoms with Crippen molar-refractivity contribution in [3.8, 4) is 0 Å². The fourth-order valence-corrected chi connectivity index (χ4v) is 3.72. The second-order valence-electron chi connectivity index (χ2n) is 6.62. The number of likely N-dealkylation sites (tertiary alicyclic amines) is 1. The van der Waals surface area contributed by atoms with Gasteiger partial charge in [-0.15, -0.1) is 0 Å². The molecular formula is C19H21FN4O. The Morgan fingerprint density at radius 2 is 1.76 bits per heavy atom. The van der Waals surface area contributed by atoms with Crippen LogP contribution in [0, 0.1) is 5.82 Å². The molecule has 130 valence electrons. The summed E-state index contributed by atoms with van der Waals surface area (Å²) in [6, 6.07) is 15.8. The molecule has 2 aromatic rings. The van der Waals surface area contributed by atoms with E-state index in [0.29, 0.717) is 6.54 Å². The lowest BCUT2D eigenvalue weighted by molar-refractivity contribution is -0.141. The van der Waals surface area contributed by atoms with Crippen molar-refractivity contribution in [2.75, 3.05) is 6.54 Å². The summed E-state index contributed by atoms with van der Waals surface area (Å²) in [4.78, 5) is 14.9. The Balaban J connectivity index is 1.54.